The fourth-order valence-electron chi connectivity index (χ4n) is 11.0. The Morgan fingerprint density at radius 2 is 1.66 bits per heavy atom. The van der Waals surface area contributed by atoms with Crippen molar-refractivity contribution in [2.45, 2.75) is 198 Å². The van der Waals surface area contributed by atoms with Crippen LogP contribution in [0.5, 0.6) is 0 Å². The maximum Gasteiger partial charge on any atom is 0.311 e. The number of hydrogen-bond acceptors (Lipinski definition) is 17. The fourth-order valence-corrected chi connectivity index (χ4v) is 11.0. The molecule has 0 amide bonds. The smallest absolute Gasteiger partial charge is 0.311 e. The Balaban J connectivity index is 1.25. The van der Waals surface area contributed by atoms with Crippen LogP contribution in [0.2, 0.25) is 0 Å². The van der Waals surface area contributed by atoms with Crippen molar-refractivity contribution < 1.29 is 58.7 Å². The van der Waals surface area contributed by atoms with Gasteiger partial charge in [0.2, 0.25) is 0 Å². The summed E-state index contributed by atoms with van der Waals surface area (Å²) >= 11 is 0. The second-order valence-electron chi connectivity index (χ2n) is 21.5. The van der Waals surface area contributed by atoms with Gasteiger partial charge in [-0.25, -0.2) is 9.67 Å². The van der Waals surface area contributed by atoms with E-state index in [1.807, 2.05) is 73.5 Å². The zero-order chi connectivity index (χ0) is 51.5. The number of benzene rings is 1. The number of methoxy groups -OCH3 is 1. The second-order valence-corrected chi connectivity index (χ2v) is 21.5. The van der Waals surface area contributed by atoms with Gasteiger partial charge in [0.15, 0.2) is 12.6 Å². The molecule has 19 nitrogen and oxygen atoms in total. The zero-order valence-electron chi connectivity index (χ0n) is 43.7. The first-order chi connectivity index (χ1) is 32.9. The number of nitrogens with zero attached hydrogens (tertiary/aromatic N) is 7. The van der Waals surface area contributed by atoms with Gasteiger partial charge in [-0.05, 0) is 105 Å². The van der Waals surface area contributed by atoms with Crippen LogP contribution >= 0.6 is 0 Å². The molecule has 6 rings (SSSR count). The van der Waals surface area contributed by atoms with E-state index in [9.17, 15) is 30.3 Å². The molecule has 0 saturated carbocycles. The first-order valence-electron chi connectivity index (χ1n) is 25.1. The predicted molar refractivity (Wildman–Crippen MR) is 260 cm³/mol. The van der Waals surface area contributed by atoms with Gasteiger partial charge in [-0.3, -0.25) is 4.79 Å². The maximum absolute atomic E-state index is 14.5. The molecule has 0 aliphatic carbocycles. The molecule has 3 aromatic rings. The summed E-state index contributed by atoms with van der Waals surface area (Å²) < 4.78 is 42.1. The SMILES string of the molecule is CC[C@H]1OC(=O)[C@H](C)[C@@H](O[C@H]2C[C@@](C)(OC)[C@@H](O)[C@H](C)O2)[C@H](C)[C@@H](O[C@@H]2O[C@H](C)C[C@H](N(C)CCc3cn(Cc4ccc(-n5ccnc5)cc4)nn3)[C@H]2O)[C@](C)(O)C[C@@H](C)CN(C)[C@H](C)[C@@H](O)[C@]1(C)O. The van der Waals surface area contributed by atoms with Crippen molar-refractivity contribution in [1.29, 1.82) is 0 Å². The number of ether oxygens (including phenoxy) is 6. The Morgan fingerprint density at radius 3 is 2.30 bits per heavy atom. The third-order valence-corrected chi connectivity index (χ3v) is 15.5. The minimum Gasteiger partial charge on any atom is -0.459 e. The number of carbonyl (C=O) groups is 1. The van der Waals surface area contributed by atoms with Gasteiger partial charge >= 0.3 is 5.97 Å². The maximum atomic E-state index is 14.5. The zero-order valence-corrected chi connectivity index (χ0v) is 43.7. The quantitative estimate of drug-likeness (QED) is 0.155. The summed E-state index contributed by atoms with van der Waals surface area (Å²) in [6, 6.07) is 7.21. The van der Waals surface area contributed by atoms with Gasteiger partial charge in [0.1, 0.15) is 30.0 Å². The molecule has 0 unspecified atom stereocenters. The van der Waals surface area contributed by atoms with Gasteiger partial charge in [0, 0.05) is 75.3 Å². The fraction of sp³-hybridized carbons (Fsp3) is 0.765. The van der Waals surface area contributed by atoms with E-state index in [-0.39, 0.29) is 31.3 Å². The van der Waals surface area contributed by atoms with E-state index in [1.54, 1.807) is 54.1 Å². The molecule has 3 saturated heterocycles. The number of esters is 1. The highest BCUT2D eigenvalue weighted by molar-refractivity contribution is 5.73. The molecule has 18 atom stereocenters. The first kappa shape index (κ1) is 55.9. The van der Waals surface area contributed by atoms with Crippen LogP contribution in [0, 0.1) is 17.8 Å². The molecular weight excluding hydrogens is 903 g/mol. The average Bonchev–Trinajstić information content (AvgIpc) is 4.02. The number of hydrogen-bond donors (Lipinski definition) is 5. The molecule has 0 bridgehead atoms. The number of aliphatic hydroxyl groups excluding tert-OH is 3. The molecule has 0 radical (unpaired) electrons. The third-order valence-electron chi connectivity index (χ3n) is 15.5. The van der Waals surface area contributed by atoms with E-state index < -0.39 is 102 Å². The summed E-state index contributed by atoms with van der Waals surface area (Å²) in [6.45, 7) is 19.1. The molecule has 3 fully saturated rings. The number of imidazole rings is 1. The van der Waals surface area contributed by atoms with Crippen molar-refractivity contribution in [2.24, 2.45) is 17.8 Å². The van der Waals surface area contributed by atoms with Crippen molar-refractivity contribution in [3.63, 3.8) is 0 Å². The summed E-state index contributed by atoms with van der Waals surface area (Å²) in [5.41, 5.74) is -1.62. The molecule has 1 aromatic carbocycles. The normalized spacial score (nSPS) is 39.9. The van der Waals surface area contributed by atoms with Crippen LogP contribution in [-0.2, 0) is 46.2 Å². The minimum absolute atomic E-state index is 0.106. The number of likely N-dealkylation sites (N-methyl/N-ethyl adjacent to an activating group) is 2. The van der Waals surface area contributed by atoms with Crippen LogP contribution in [0.4, 0.5) is 0 Å². The van der Waals surface area contributed by atoms with Crippen LogP contribution in [0.15, 0.2) is 49.2 Å². The van der Waals surface area contributed by atoms with E-state index >= 15 is 0 Å². The molecule has 2 aromatic heterocycles. The summed E-state index contributed by atoms with van der Waals surface area (Å²) in [7, 11) is 5.30. The third kappa shape index (κ3) is 12.8. The van der Waals surface area contributed by atoms with E-state index in [0.717, 1.165) is 16.9 Å². The highest BCUT2D eigenvalue weighted by Crippen LogP contribution is 2.40. The Morgan fingerprint density at radius 1 is 0.957 bits per heavy atom. The molecular formula is C51H83N7O12. The Kier molecular flexibility index (Phi) is 18.5. The lowest BCUT2D eigenvalue weighted by atomic mass is 9.77. The van der Waals surface area contributed by atoms with Gasteiger partial charge < -0.3 is 68.3 Å². The van der Waals surface area contributed by atoms with E-state index in [4.69, 9.17) is 28.4 Å². The first-order valence-corrected chi connectivity index (χ1v) is 25.1. The van der Waals surface area contributed by atoms with Crippen LogP contribution < -0.4 is 0 Å². The Labute approximate surface area is 414 Å². The van der Waals surface area contributed by atoms with Gasteiger partial charge in [0.05, 0.1) is 60.1 Å². The predicted octanol–water partition coefficient (Wildman–Crippen LogP) is 3.34. The van der Waals surface area contributed by atoms with Crippen molar-refractivity contribution in [1.82, 2.24) is 34.3 Å². The highest BCUT2D eigenvalue weighted by Gasteiger charge is 2.53. The molecule has 3 aliphatic rings. The molecule has 3 aliphatic heterocycles. The summed E-state index contributed by atoms with van der Waals surface area (Å²) in [6.07, 6.45) is -1.04. The summed E-state index contributed by atoms with van der Waals surface area (Å²) in [5, 5.41) is 68.5. The number of rotatable bonds is 13. The van der Waals surface area contributed by atoms with Gasteiger partial charge in [-0.15, -0.1) is 5.10 Å². The molecule has 394 valence electrons. The Hall–Kier alpha value is -3.44. The lowest BCUT2D eigenvalue weighted by Gasteiger charge is -2.49. The molecule has 70 heavy (non-hydrogen) atoms. The van der Waals surface area contributed by atoms with Crippen molar-refractivity contribution in [2.75, 3.05) is 34.3 Å². The van der Waals surface area contributed by atoms with E-state index in [1.165, 1.54) is 14.0 Å². The van der Waals surface area contributed by atoms with Gasteiger partial charge in [0.25, 0.3) is 0 Å². The standard InChI is InChI=1S/C51H83N7O12/c1-14-40-51(10,64)44(60)34(6)56(12)26-30(2)24-49(8,63)46(32(4)43(33(5)47(62)68-40)69-41-25-50(9,65-13)45(61)35(7)67-41)70-48-42(59)39(23-31(3)66-48)55(11)21-19-37-28-58(54-53-37)27-36-15-17-38(18-16-36)57-22-20-52-29-57/h15-18,20,22,28-35,39-46,48,59-61,63-64H,14,19,21,23-27H2,1-13H3/t30-,31-,32+,33-,34-,35+,39+,40-,41+,42-,43+,44-,45+,46-,48+,49-,50-,51-/m1/s1. The molecule has 19 heteroatoms. The lowest BCUT2D eigenvalue weighted by Crippen LogP contribution is -2.61. The number of aromatic nitrogens is 5. The average molecular weight is 986 g/mol. The molecule has 5 heterocycles. The minimum atomic E-state index is -1.83. The largest absolute Gasteiger partial charge is 0.459 e. The van der Waals surface area contributed by atoms with Gasteiger partial charge in [-0.1, -0.05) is 38.1 Å². The highest BCUT2D eigenvalue weighted by atomic mass is 16.7. The number of cyclic esters (lactones) is 1. The summed E-state index contributed by atoms with van der Waals surface area (Å²) in [5.74, 6) is -2.75. The molecule has 5 N–H and O–H groups in total. The lowest BCUT2D eigenvalue weighted by molar-refractivity contribution is -0.318. The Bertz CT molecular complexity index is 2090. The van der Waals surface area contributed by atoms with Crippen molar-refractivity contribution in [3.05, 3.63) is 60.4 Å². The summed E-state index contributed by atoms with van der Waals surface area (Å²) in [4.78, 5) is 22.6. The number of carbonyl (C=O) groups excluding carboxylic acids is 1. The van der Waals surface area contributed by atoms with E-state index in [0.29, 0.717) is 32.5 Å². The van der Waals surface area contributed by atoms with Gasteiger partial charge in [-0.2, -0.15) is 0 Å². The van der Waals surface area contributed by atoms with Crippen molar-refractivity contribution >= 4 is 5.97 Å². The second kappa shape index (κ2) is 23.2. The molecule has 0 spiro atoms. The topological polar surface area (TPSA) is 229 Å². The van der Waals surface area contributed by atoms with Crippen molar-refractivity contribution in [3.8, 4) is 5.69 Å². The van der Waals surface area contributed by atoms with Crippen LogP contribution in [-0.4, -0.2) is 190 Å². The van der Waals surface area contributed by atoms with Crippen LogP contribution in [0.25, 0.3) is 5.69 Å². The van der Waals surface area contributed by atoms with Crippen LogP contribution in [0.1, 0.15) is 106 Å². The van der Waals surface area contributed by atoms with Crippen LogP contribution in [0.3, 0.4) is 0 Å². The monoisotopic (exact) mass is 986 g/mol. The number of aliphatic hydroxyl groups is 5. The van der Waals surface area contributed by atoms with E-state index in [2.05, 4.69) is 32.3 Å².